The Labute approximate surface area is 85.7 Å². The number of carbonyl (C=O) groups is 1. The zero-order valence-corrected chi connectivity index (χ0v) is 8.62. The molecule has 0 atom stereocenters. The number of rotatable bonds is 2. The van der Waals surface area contributed by atoms with Crippen LogP contribution in [-0.4, -0.2) is 11.3 Å². The van der Waals surface area contributed by atoms with Gasteiger partial charge >= 0.3 is 0 Å². The number of hydrogen-bond donors (Lipinski definition) is 1. The normalized spacial score (nSPS) is 19.5. The fourth-order valence-corrected chi connectivity index (χ4v) is 2.65. The monoisotopic (exact) mass is 215 g/mol. The molecule has 0 aliphatic heterocycles. The molecule has 0 amide bonds. The molecule has 0 radical (unpaired) electrons. The maximum Gasteiger partial charge on any atom is 0.194 e. The molecule has 2 N–H and O–H groups in total. The third kappa shape index (κ3) is 1.41. The Morgan fingerprint density at radius 1 is 1.62 bits per heavy atom. The largest absolute Gasteiger partial charge is 0.319 e. The summed E-state index contributed by atoms with van der Waals surface area (Å²) in [4.78, 5) is 12.4. The van der Waals surface area contributed by atoms with Crippen molar-refractivity contribution in [3.63, 3.8) is 0 Å². The highest BCUT2D eigenvalue weighted by molar-refractivity contribution is 7.12. The van der Waals surface area contributed by atoms with E-state index in [1.807, 2.05) is 5.38 Å². The van der Waals surface area contributed by atoms with E-state index < -0.39 is 5.54 Å². The predicted octanol–water partition coefficient (Wildman–Crippen LogP) is 2.47. The molecule has 1 saturated carbocycles. The summed E-state index contributed by atoms with van der Waals surface area (Å²) in [6.07, 6.45) is 2.63. The van der Waals surface area contributed by atoms with Crippen LogP contribution in [0.4, 0.5) is 0 Å². The number of hydrogen-bond acceptors (Lipinski definition) is 3. The van der Waals surface area contributed by atoms with Gasteiger partial charge in [0.05, 0.1) is 15.4 Å². The topological polar surface area (TPSA) is 43.1 Å². The summed E-state index contributed by atoms with van der Waals surface area (Å²) in [7, 11) is 0. The Morgan fingerprint density at radius 3 is 2.69 bits per heavy atom. The lowest BCUT2D eigenvalue weighted by molar-refractivity contribution is 0.0805. The van der Waals surface area contributed by atoms with E-state index >= 15 is 0 Å². The molecule has 2 nitrogen and oxygen atoms in total. The van der Waals surface area contributed by atoms with Crippen molar-refractivity contribution in [3.05, 3.63) is 21.3 Å². The molecule has 0 unspecified atom stereocenters. The second kappa shape index (κ2) is 3.08. The maximum atomic E-state index is 11.8. The van der Waals surface area contributed by atoms with E-state index in [4.69, 9.17) is 17.3 Å². The van der Waals surface area contributed by atoms with E-state index in [-0.39, 0.29) is 5.78 Å². The lowest BCUT2D eigenvalue weighted by atomic mass is 9.74. The van der Waals surface area contributed by atoms with Gasteiger partial charge < -0.3 is 5.73 Å². The van der Waals surface area contributed by atoms with Crippen molar-refractivity contribution in [1.29, 1.82) is 0 Å². The molecule has 0 aromatic carbocycles. The van der Waals surface area contributed by atoms with Crippen molar-refractivity contribution < 1.29 is 4.79 Å². The first-order valence-electron chi connectivity index (χ1n) is 4.20. The molecule has 0 bridgehead atoms. The zero-order chi connectivity index (χ0) is 9.47. The number of thiophene rings is 1. The number of carbonyl (C=O) groups excluding carboxylic acids is 1. The summed E-state index contributed by atoms with van der Waals surface area (Å²) in [6.45, 7) is 0. The lowest BCUT2D eigenvalue weighted by Gasteiger charge is -2.35. The fraction of sp³-hybridized carbons (Fsp3) is 0.444. The SMILES string of the molecule is NC1(C(=O)c2sccc2Cl)CCC1. The van der Waals surface area contributed by atoms with Gasteiger partial charge in [-0.1, -0.05) is 11.6 Å². The first kappa shape index (κ1) is 9.19. The highest BCUT2D eigenvalue weighted by Gasteiger charge is 2.41. The quantitative estimate of drug-likeness (QED) is 0.771. The van der Waals surface area contributed by atoms with E-state index in [9.17, 15) is 4.79 Å². The average molecular weight is 216 g/mol. The molecule has 1 heterocycles. The zero-order valence-electron chi connectivity index (χ0n) is 7.05. The van der Waals surface area contributed by atoms with Gasteiger partial charge in [0.15, 0.2) is 5.78 Å². The molecule has 4 heteroatoms. The highest BCUT2D eigenvalue weighted by Crippen LogP contribution is 2.35. The smallest absolute Gasteiger partial charge is 0.194 e. The summed E-state index contributed by atoms with van der Waals surface area (Å²) in [5, 5.41) is 2.35. The van der Waals surface area contributed by atoms with Crippen LogP contribution in [0.15, 0.2) is 11.4 Å². The van der Waals surface area contributed by atoms with Crippen LogP contribution in [0, 0.1) is 0 Å². The summed E-state index contributed by atoms with van der Waals surface area (Å²) in [6, 6.07) is 1.74. The molecule has 2 rings (SSSR count). The molecule has 1 aromatic rings. The third-order valence-corrected chi connectivity index (χ3v) is 3.86. The van der Waals surface area contributed by atoms with Crippen LogP contribution < -0.4 is 5.73 Å². The Bertz CT molecular complexity index is 343. The van der Waals surface area contributed by atoms with Crippen LogP contribution in [0.1, 0.15) is 28.9 Å². The van der Waals surface area contributed by atoms with Crippen molar-refractivity contribution >= 4 is 28.7 Å². The Hall–Kier alpha value is -0.380. The molecular weight excluding hydrogens is 206 g/mol. The highest BCUT2D eigenvalue weighted by atomic mass is 35.5. The van der Waals surface area contributed by atoms with E-state index in [1.54, 1.807) is 6.07 Å². The molecule has 70 valence electrons. The third-order valence-electron chi connectivity index (χ3n) is 2.52. The number of nitrogens with two attached hydrogens (primary N) is 1. The first-order valence-corrected chi connectivity index (χ1v) is 5.46. The van der Waals surface area contributed by atoms with Crippen molar-refractivity contribution in [2.75, 3.05) is 0 Å². The van der Waals surface area contributed by atoms with Gasteiger partial charge in [-0.25, -0.2) is 0 Å². The van der Waals surface area contributed by atoms with E-state index in [2.05, 4.69) is 0 Å². The molecule has 13 heavy (non-hydrogen) atoms. The van der Waals surface area contributed by atoms with Crippen LogP contribution in [-0.2, 0) is 0 Å². The van der Waals surface area contributed by atoms with Gasteiger partial charge in [0.2, 0.25) is 0 Å². The van der Waals surface area contributed by atoms with Crippen molar-refractivity contribution in [2.24, 2.45) is 5.73 Å². The predicted molar refractivity (Wildman–Crippen MR) is 54.4 cm³/mol. The molecule has 1 aliphatic rings. The van der Waals surface area contributed by atoms with E-state index in [1.165, 1.54) is 11.3 Å². The standard InChI is InChI=1S/C9H10ClNOS/c10-6-2-5-13-7(6)8(12)9(11)3-1-4-9/h2,5H,1,3-4,11H2. The first-order chi connectivity index (χ1) is 6.13. The summed E-state index contributed by atoms with van der Waals surface area (Å²) in [5.74, 6) is 0.0127. The average Bonchev–Trinajstić information content (AvgIpc) is 2.46. The van der Waals surface area contributed by atoms with Gasteiger partial charge in [0, 0.05) is 0 Å². The molecular formula is C9H10ClNOS. The Morgan fingerprint density at radius 2 is 2.31 bits per heavy atom. The lowest BCUT2D eigenvalue weighted by Crippen LogP contribution is -2.53. The Kier molecular flexibility index (Phi) is 2.18. The van der Waals surface area contributed by atoms with Crippen molar-refractivity contribution in [1.82, 2.24) is 0 Å². The van der Waals surface area contributed by atoms with Gasteiger partial charge in [0.25, 0.3) is 0 Å². The van der Waals surface area contributed by atoms with Gasteiger partial charge in [0.1, 0.15) is 0 Å². The van der Waals surface area contributed by atoms with Gasteiger partial charge in [-0.2, -0.15) is 0 Å². The second-order valence-electron chi connectivity index (χ2n) is 3.44. The minimum atomic E-state index is -0.617. The second-order valence-corrected chi connectivity index (χ2v) is 4.76. The van der Waals surface area contributed by atoms with E-state index in [0.717, 1.165) is 19.3 Å². The van der Waals surface area contributed by atoms with Crippen LogP contribution in [0.25, 0.3) is 0 Å². The summed E-state index contributed by atoms with van der Waals surface area (Å²) >= 11 is 7.23. The molecule has 0 spiro atoms. The fourth-order valence-electron chi connectivity index (χ4n) is 1.47. The van der Waals surface area contributed by atoms with Gasteiger partial charge in [-0.3, -0.25) is 4.79 Å². The minimum Gasteiger partial charge on any atom is -0.319 e. The molecule has 1 fully saturated rings. The molecule has 0 saturated heterocycles. The number of ketones is 1. The van der Waals surface area contributed by atoms with Crippen LogP contribution in [0.5, 0.6) is 0 Å². The maximum absolute atomic E-state index is 11.8. The Balaban J connectivity index is 2.27. The summed E-state index contributed by atoms with van der Waals surface area (Å²) < 4.78 is 0. The molecule has 1 aliphatic carbocycles. The van der Waals surface area contributed by atoms with Gasteiger partial charge in [-0.05, 0) is 30.7 Å². The van der Waals surface area contributed by atoms with Crippen LogP contribution >= 0.6 is 22.9 Å². The van der Waals surface area contributed by atoms with Crippen LogP contribution in [0.3, 0.4) is 0 Å². The minimum absolute atomic E-state index is 0.0127. The van der Waals surface area contributed by atoms with Crippen molar-refractivity contribution in [2.45, 2.75) is 24.8 Å². The van der Waals surface area contributed by atoms with Gasteiger partial charge in [-0.15, -0.1) is 11.3 Å². The van der Waals surface area contributed by atoms with Crippen molar-refractivity contribution in [3.8, 4) is 0 Å². The van der Waals surface area contributed by atoms with Crippen LogP contribution in [0.2, 0.25) is 5.02 Å². The molecule has 1 aromatic heterocycles. The van der Waals surface area contributed by atoms with E-state index in [0.29, 0.717) is 9.90 Å². The number of Topliss-reactive ketones (excluding diaryl/α,β-unsaturated/α-hetero) is 1. The number of halogens is 1. The summed E-state index contributed by atoms with van der Waals surface area (Å²) in [5.41, 5.74) is 5.29.